The number of carbonyl (C=O) groups excluding carboxylic acids is 2. The van der Waals surface area contributed by atoms with Gasteiger partial charge in [-0.15, -0.1) is 0 Å². The fourth-order valence-electron chi connectivity index (χ4n) is 2.74. The van der Waals surface area contributed by atoms with Crippen LogP contribution >= 0.6 is 0 Å². The van der Waals surface area contributed by atoms with Crippen LogP contribution in [-0.2, 0) is 28.5 Å². The molecule has 0 spiro atoms. The predicted octanol–water partition coefficient (Wildman–Crippen LogP) is 1.07. The van der Waals surface area contributed by atoms with Gasteiger partial charge >= 0.3 is 0 Å². The summed E-state index contributed by atoms with van der Waals surface area (Å²) in [5.41, 5.74) is -0.380. The third kappa shape index (κ3) is 5.47. The quantitative estimate of drug-likeness (QED) is 0.211. The van der Waals surface area contributed by atoms with Gasteiger partial charge in [0.1, 0.15) is 23.0 Å². The molecule has 0 aliphatic heterocycles. The Labute approximate surface area is 175 Å². The van der Waals surface area contributed by atoms with E-state index in [0.717, 1.165) is 12.2 Å². The van der Waals surface area contributed by atoms with Crippen LogP contribution in [-0.4, -0.2) is 61.2 Å². The van der Waals surface area contributed by atoms with Crippen molar-refractivity contribution in [1.29, 1.82) is 0 Å². The first-order valence-corrected chi connectivity index (χ1v) is 8.84. The van der Waals surface area contributed by atoms with Crippen LogP contribution in [0.5, 0.6) is 0 Å². The summed E-state index contributed by atoms with van der Waals surface area (Å²) in [7, 11) is 2.64. The molecule has 0 N–H and O–H groups in total. The fourth-order valence-corrected chi connectivity index (χ4v) is 2.74. The standard InChI is InChI=1S/C19H18N2O10/c1-28-16-6-12(10-22)14(20(24)25)8-18(16)30-4-3-5-31-19-9-15(21(26)27)13(11-23)7-17(19)29-2/h6-9,14-15H,3-5H2,1-2H3. The number of methoxy groups -OCH3 is 2. The van der Waals surface area contributed by atoms with Gasteiger partial charge in [0.15, 0.2) is 23.0 Å². The highest BCUT2D eigenvalue weighted by atomic mass is 16.6. The van der Waals surface area contributed by atoms with Gasteiger partial charge in [-0.3, -0.25) is 20.2 Å². The Hall–Kier alpha value is -4.14. The van der Waals surface area contributed by atoms with Gasteiger partial charge in [-0.1, -0.05) is 0 Å². The molecule has 0 aromatic carbocycles. The summed E-state index contributed by atoms with van der Waals surface area (Å²) in [5, 5.41) is 22.2. The van der Waals surface area contributed by atoms with Crippen LogP contribution in [0, 0.1) is 20.2 Å². The van der Waals surface area contributed by atoms with Gasteiger partial charge in [-0.05, 0) is 0 Å². The largest absolute Gasteiger partial charge is 0.493 e. The molecule has 0 fully saturated rings. The summed E-state index contributed by atoms with van der Waals surface area (Å²) < 4.78 is 21.2. The molecule has 164 valence electrons. The summed E-state index contributed by atoms with van der Waals surface area (Å²) in [5.74, 6) is 3.48. The van der Waals surface area contributed by atoms with E-state index < -0.39 is 21.9 Å². The van der Waals surface area contributed by atoms with Crippen molar-refractivity contribution >= 4 is 11.9 Å². The maximum Gasteiger partial charge on any atom is 0.270 e. The minimum Gasteiger partial charge on any atom is -0.493 e. The molecule has 0 aromatic rings. The lowest BCUT2D eigenvalue weighted by atomic mass is 10.0. The molecule has 12 nitrogen and oxygen atoms in total. The molecule has 2 aliphatic rings. The van der Waals surface area contributed by atoms with Crippen molar-refractivity contribution in [3.05, 3.63) is 78.7 Å². The average Bonchev–Trinajstić information content (AvgIpc) is 2.77. The van der Waals surface area contributed by atoms with Crippen molar-refractivity contribution in [3.8, 4) is 0 Å². The predicted molar refractivity (Wildman–Crippen MR) is 103 cm³/mol. The first-order valence-electron chi connectivity index (χ1n) is 8.84. The van der Waals surface area contributed by atoms with E-state index in [4.69, 9.17) is 18.9 Å². The van der Waals surface area contributed by atoms with Crippen molar-refractivity contribution in [3.63, 3.8) is 0 Å². The van der Waals surface area contributed by atoms with Gasteiger partial charge in [0.05, 0.1) is 27.4 Å². The first-order chi connectivity index (χ1) is 14.9. The van der Waals surface area contributed by atoms with Crippen molar-refractivity contribution in [2.75, 3.05) is 27.4 Å². The molecule has 0 aromatic heterocycles. The minimum atomic E-state index is -1.40. The molecule has 2 unspecified atom stereocenters. The van der Waals surface area contributed by atoms with E-state index in [1.54, 1.807) is 0 Å². The third-order valence-electron chi connectivity index (χ3n) is 4.25. The summed E-state index contributed by atoms with van der Waals surface area (Å²) in [6, 6.07) is -2.80. The van der Waals surface area contributed by atoms with Crippen LogP contribution in [0.1, 0.15) is 6.42 Å². The number of ether oxygens (including phenoxy) is 4. The van der Waals surface area contributed by atoms with Gasteiger partial charge in [0, 0.05) is 40.6 Å². The summed E-state index contributed by atoms with van der Waals surface area (Å²) >= 11 is 0. The number of nitrogens with zero attached hydrogens (tertiary/aromatic N) is 2. The molecule has 2 rings (SSSR count). The highest BCUT2D eigenvalue weighted by molar-refractivity contribution is 5.63. The molecule has 2 atom stereocenters. The van der Waals surface area contributed by atoms with E-state index in [-0.39, 0.29) is 47.4 Å². The van der Waals surface area contributed by atoms with E-state index in [1.165, 1.54) is 38.3 Å². The maximum absolute atomic E-state index is 11.1. The molecular formula is C19H18N2O10. The Balaban J connectivity index is 1.98. The van der Waals surface area contributed by atoms with Crippen LogP contribution in [0.3, 0.4) is 0 Å². The second kappa shape index (κ2) is 10.6. The molecule has 2 aliphatic carbocycles. The summed E-state index contributed by atoms with van der Waals surface area (Å²) in [4.78, 5) is 42.7. The highest BCUT2D eigenvalue weighted by Crippen LogP contribution is 2.26. The SMILES string of the molecule is COC1=CC(=C=O)C([N+](=O)[O-])C=C1OCCCOC1=CC([N+](=O)[O-])C(=C=O)C=C1OC. The van der Waals surface area contributed by atoms with E-state index in [1.807, 2.05) is 0 Å². The van der Waals surface area contributed by atoms with Crippen molar-refractivity contribution in [2.24, 2.45) is 0 Å². The van der Waals surface area contributed by atoms with Crippen molar-refractivity contribution in [1.82, 2.24) is 0 Å². The number of rotatable bonds is 10. The Bertz CT molecular complexity index is 900. The number of hydrogen-bond donors (Lipinski definition) is 0. The van der Waals surface area contributed by atoms with Crippen LogP contribution in [0.25, 0.3) is 0 Å². The molecule has 0 bridgehead atoms. The van der Waals surface area contributed by atoms with E-state index in [0.29, 0.717) is 6.42 Å². The molecule has 0 saturated heterocycles. The summed E-state index contributed by atoms with van der Waals surface area (Å²) in [6.07, 6.45) is 4.95. The lowest BCUT2D eigenvalue weighted by Gasteiger charge is -2.19. The third-order valence-corrected chi connectivity index (χ3v) is 4.25. The van der Waals surface area contributed by atoms with Crippen LogP contribution in [0.15, 0.2) is 58.5 Å². The Morgan fingerprint density at radius 1 is 0.806 bits per heavy atom. The zero-order chi connectivity index (χ0) is 23.0. The average molecular weight is 434 g/mol. The first kappa shape index (κ1) is 23.1. The van der Waals surface area contributed by atoms with E-state index in [9.17, 15) is 29.8 Å². The Morgan fingerprint density at radius 3 is 1.48 bits per heavy atom. The van der Waals surface area contributed by atoms with Crippen molar-refractivity contribution in [2.45, 2.75) is 18.5 Å². The lowest BCUT2D eigenvalue weighted by Crippen LogP contribution is -2.24. The molecule has 31 heavy (non-hydrogen) atoms. The molecule has 0 heterocycles. The Kier molecular flexibility index (Phi) is 7.90. The van der Waals surface area contributed by atoms with E-state index >= 15 is 0 Å². The Morgan fingerprint density at radius 2 is 1.19 bits per heavy atom. The zero-order valence-corrected chi connectivity index (χ0v) is 16.6. The highest BCUT2D eigenvalue weighted by Gasteiger charge is 2.32. The fraction of sp³-hybridized carbons (Fsp3) is 0.368. The van der Waals surface area contributed by atoms with Gasteiger partial charge < -0.3 is 18.9 Å². The number of nitro groups is 2. The minimum absolute atomic E-state index is 0.0641. The zero-order valence-electron chi connectivity index (χ0n) is 16.6. The molecular weight excluding hydrogens is 416 g/mol. The van der Waals surface area contributed by atoms with Crippen molar-refractivity contribution < 1.29 is 38.4 Å². The summed E-state index contributed by atoms with van der Waals surface area (Å²) in [6.45, 7) is 0.128. The van der Waals surface area contributed by atoms with Crippen LogP contribution in [0.2, 0.25) is 0 Å². The second-order valence-corrected chi connectivity index (χ2v) is 6.11. The molecule has 0 amide bonds. The molecule has 0 saturated carbocycles. The number of hydrogen-bond acceptors (Lipinski definition) is 10. The van der Waals surface area contributed by atoms with Gasteiger partial charge in [-0.2, -0.15) is 0 Å². The normalized spacial score (nSPS) is 20.2. The lowest BCUT2D eigenvalue weighted by molar-refractivity contribution is -0.498. The van der Waals surface area contributed by atoms with E-state index in [2.05, 4.69) is 0 Å². The maximum atomic E-state index is 11.1. The molecule has 12 heteroatoms. The second-order valence-electron chi connectivity index (χ2n) is 6.11. The smallest absolute Gasteiger partial charge is 0.270 e. The van der Waals surface area contributed by atoms with Gasteiger partial charge in [0.25, 0.3) is 12.1 Å². The van der Waals surface area contributed by atoms with Crippen LogP contribution < -0.4 is 0 Å². The van der Waals surface area contributed by atoms with Crippen LogP contribution in [0.4, 0.5) is 0 Å². The van der Waals surface area contributed by atoms with Gasteiger partial charge in [0.2, 0.25) is 0 Å². The topological polar surface area (TPSA) is 157 Å². The molecule has 0 radical (unpaired) electrons. The van der Waals surface area contributed by atoms with Gasteiger partial charge in [-0.25, -0.2) is 9.59 Å². The monoisotopic (exact) mass is 434 g/mol.